The lowest BCUT2D eigenvalue weighted by molar-refractivity contribution is 0.217. The summed E-state index contributed by atoms with van der Waals surface area (Å²) in [5, 5.41) is 0. The van der Waals surface area contributed by atoms with Crippen LogP contribution in [0.4, 0.5) is 4.39 Å². The molecule has 1 aliphatic rings. The van der Waals surface area contributed by atoms with Crippen LogP contribution in [0.5, 0.6) is 0 Å². The molecule has 1 saturated heterocycles. The van der Waals surface area contributed by atoms with Crippen molar-refractivity contribution >= 4 is 15.9 Å². The maximum atomic E-state index is 13.5. The predicted octanol–water partition coefficient (Wildman–Crippen LogP) is 2.73. The number of hydrogen-bond acceptors (Lipinski definition) is 2. The van der Waals surface area contributed by atoms with Crippen LogP contribution in [0.25, 0.3) is 0 Å². The quantitative estimate of drug-likeness (QED) is 0.930. The summed E-state index contributed by atoms with van der Waals surface area (Å²) in [4.78, 5) is 2.38. The lowest BCUT2D eigenvalue weighted by Gasteiger charge is -2.31. The molecule has 0 aromatic heterocycles. The van der Waals surface area contributed by atoms with Gasteiger partial charge >= 0.3 is 0 Å². The van der Waals surface area contributed by atoms with Gasteiger partial charge in [0.25, 0.3) is 0 Å². The summed E-state index contributed by atoms with van der Waals surface area (Å²) >= 11 is 3.19. The number of piperidine rings is 1. The van der Waals surface area contributed by atoms with Crippen molar-refractivity contribution in [3.63, 3.8) is 0 Å². The number of likely N-dealkylation sites (tertiary alicyclic amines) is 1. The second-order valence-electron chi connectivity index (χ2n) is 4.58. The molecule has 0 amide bonds. The van der Waals surface area contributed by atoms with E-state index in [0.29, 0.717) is 10.4 Å². The largest absolute Gasteiger partial charge is 0.329 e. The zero-order chi connectivity index (χ0) is 12.3. The molecule has 1 fully saturated rings. The molecule has 2 N–H and O–H groups in total. The molecule has 0 spiro atoms. The van der Waals surface area contributed by atoms with Crippen LogP contribution < -0.4 is 5.73 Å². The monoisotopic (exact) mass is 300 g/mol. The minimum atomic E-state index is -0.160. The Morgan fingerprint density at radius 3 is 2.65 bits per heavy atom. The molecule has 0 radical (unpaired) electrons. The van der Waals surface area contributed by atoms with E-state index in [0.717, 1.165) is 44.6 Å². The van der Waals surface area contributed by atoms with Gasteiger partial charge in [-0.25, -0.2) is 4.39 Å². The highest BCUT2D eigenvalue weighted by molar-refractivity contribution is 9.10. The van der Waals surface area contributed by atoms with Crippen molar-refractivity contribution in [2.45, 2.75) is 18.8 Å². The third-order valence-corrected chi connectivity index (χ3v) is 4.09. The Kier molecular flexibility index (Phi) is 4.54. The van der Waals surface area contributed by atoms with E-state index in [1.54, 1.807) is 12.1 Å². The molecule has 1 aromatic rings. The lowest BCUT2D eigenvalue weighted by Crippen LogP contribution is -2.36. The average Bonchev–Trinajstić information content (AvgIpc) is 2.34. The summed E-state index contributed by atoms with van der Waals surface area (Å²) in [5.41, 5.74) is 6.67. The normalized spacial score (nSPS) is 18.5. The molecule has 2 nitrogen and oxygen atoms in total. The van der Waals surface area contributed by atoms with Gasteiger partial charge in [-0.1, -0.05) is 6.07 Å². The fourth-order valence-corrected chi connectivity index (χ4v) is 2.69. The maximum absolute atomic E-state index is 13.5. The molecular weight excluding hydrogens is 283 g/mol. The van der Waals surface area contributed by atoms with E-state index in [4.69, 9.17) is 5.73 Å². The topological polar surface area (TPSA) is 29.3 Å². The first-order valence-corrected chi connectivity index (χ1v) is 6.87. The Morgan fingerprint density at radius 2 is 2.06 bits per heavy atom. The van der Waals surface area contributed by atoms with Crippen molar-refractivity contribution in [2.24, 2.45) is 5.73 Å². The van der Waals surface area contributed by atoms with Crippen LogP contribution >= 0.6 is 15.9 Å². The van der Waals surface area contributed by atoms with Gasteiger partial charge in [-0.3, -0.25) is 0 Å². The molecule has 1 aliphatic heterocycles. The van der Waals surface area contributed by atoms with Gasteiger partial charge in [-0.15, -0.1) is 0 Å². The molecule has 4 heteroatoms. The number of benzene rings is 1. The summed E-state index contributed by atoms with van der Waals surface area (Å²) in [5.74, 6) is 0.332. The van der Waals surface area contributed by atoms with Gasteiger partial charge in [0, 0.05) is 13.1 Å². The molecule has 0 aliphatic carbocycles. The van der Waals surface area contributed by atoms with Crippen LogP contribution in [0.1, 0.15) is 24.3 Å². The molecule has 1 heterocycles. The van der Waals surface area contributed by atoms with Gasteiger partial charge < -0.3 is 10.6 Å². The van der Waals surface area contributed by atoms with Gasteiger partial charge in [0.1, 0.15) is 5.82 Å². The molecule has 94 valence electrons. The first kappa shape index (κ1) is 13.0. The standard InChI is InChI=1S/C13H18BrFN2/c14-12-2-1-11(9-13(12)15)10-3-6-17(7-4-10)8-5-16/h1-2,9-10H,3-8,16H2. The van der Waals surface area contributed by atoms with Gasteiger partial charge in [0.05, 0.1) is 4.47 Å². The summed E-state index contributed by atoms with van der Waals surface area (Å²) in [6.45, 7) is 3.83. The Hall–Kier alpha value is -0.450. The Morgan fingerprint density at radius 1 is 1.35 bits per heavy atom. The second kappa shape index (κ2) is 5.94. The highest BCUT2D eigenvalue weighted by Gasteiger charge is 2.20. The number of nitrogens with zero attached hydrogens (tertiary/aromatic N) is 1. The molecule has 17 heavy (non-hydrogen) atoms. The van der Waals surface area contributed by atoms with Gasteiger partial charge in [-0.2, -0.15) is 0 Å². The summed E-state index contributed by atoms with van der Waals surface area (Å²) in [6.07, 6.45) is 2.20. The van der Waals surface area contributed by atoms with Crippen LogP contribution in [0.3, 0.4) is 0 Å². The van der Waals surface area contributed by atoms with Crippen molar-refractivity contribution in [3.8, 4) is 0 Å². The first-order chi connectivity index (χ1) is 8.20. The average molecular weight is 301 g/mol. The Bertz CT molecular complexity index is 376. The molecule has 0 saturated carbocycles. The minimum Gasteiger partial charge on any atom is -0.329 e. The smallest absolute Gasteiger partial charge is 0.137 e. The fraction of sp³-hybridized carbons (Fsp3) is 0.538. The van der Waals surface area contributed by atoms with Crippen molar-refractivity contribution in [1.82, 2.24) is 4.90 Å². The van der Waals surface area contributed by atoms with Gasteiger partial charge in [0.2, 0.25) is 0 Å². The van der Waals surface area contributed by atoms with Gasteiger partial charge in [-0.05, 0) is 65.5 Å². The third-order valence-electron chi connectivity index (χ3n) is 3.45. The van der Waals surface area contributed by atoms with Crippen LogP contribution in [-0.4, -0.2) is 31.1 Å². The zero-order valence-corrected chi connectivity index (χ0v) is 11.4. The summed E-state index contributed by atoms with van der Waals surface area (Å²) in [7, 11) is 0. The van der Waals surface area contributed by atoms with Crippen molar-refractivity contribution in [2.75, 3.05) is 26.2 Å². The van der Waals surface area contributed by atoms with E-state index in [2.05, 4.69) is 20.8 Å². The van der Waals surface area contributed by atoms with E-state index in [1.165, 1.54) is 0 Å². The highest BCUT2D eigenvalue weighted by Crippen LogP contribution is 2.29. The van der Waals surface area contributed by atoms with Crippen molar-refractivity contribution in [1.29, 1.82) is 0 Å². The summed E-state index contributed by atoms with van der Waals surface area (Å²) in [6, 6.07) is 5.49. The van der Waals surface area contributed by atoms with E-state index in [1.807, 2.05) is 6.07 Å². The van der Waals surface area contributed by atoms with Gasteiger partial charge in [0.15, 0.2) is 0 Å². The number of rotatable bonds is 3. The zero-order valence-electron chi connectivity index (χ0n) is 9.83. The molecule has 0 unspecified atom stereocenters. The van der Waals surface area contributed by atoms with E-state index >= 15 is 0 Å². The van der Waals surface area contributed by atoms with Crippen LogP contribution in [0.15, 0.2) is 22.7 Å². The van der Waals surface area contributed by atoms with Crippen molar-refractivity contribution in [3.05, 3.63) is 34.1 Å². The second-order valence-corrected chi connectivity index (χ2v) is 5.43. The predicted molar refractivity (Wildman–Crippen MR) is 71.6 cm³/mol. The van der Waals surface area contributed by atoms with Crippen LogP contribution in [0.2, 0.25) is 0 Å². The SMILES string of the molecule is NCCN1CCC(c2ccc(Br)c(F)c2)CC1. The number of nitrogens with two attached hydrogens (primary N) is 1. The minimum absolute atomic E-state index is 0.160. The Balaban J connectivity index is 1.98. The highest BCUT2D eigenvalue weighted by atomic mass is 79.9. The van der Waals surface area contributed by atoms with E-state index in [-0.39, 0.29) is 5.82 Å². The van der Waals surface area contributed by atoms with Crippen LogP contribution in [0, 0.1) is 5.82 Å². The molecular formula is C13H18BrFN2. The fourth-order valence-electron chi connectivity index (χ4n) is 2.44. The number of halogens is 2. The first-order valence-electron chi connectivity index (χ1n) is 6.08. The molecule has 0 bridgehead atoms. The van der Waals surface area contributed by atoms with Crippen molar-refractivity contribution < 1.29 is 4.39 Å². The summed E-state index contributed by atoms with van der Waals surface area (Å²) < 4.78 is 14.0. The molecule has 2 rings (SSSR count). The molecule has 0 atom stereocenters. The van der Waals surface area contributed by atoms with E-state index < -0.39 is 0 Å². The maximum Gasteiger partial charge on any atom is 0.137 e. The molecule has 1 aromatic carbocycles. The number of hydrogen-bond donors (Lipinski definition) is 1. The Labute approximate surface area is 110 Å². The third kappa shape index (κ3) is 3.27. The lowest BCUT2D eigenvalue weighted by atomic mass is 9.89. The van der Waals surface area contributed by atoms with Crippen LogP contribution in [-0.2, 0) is 0 Å². The van der Waals surface area contributed by atoms with E-state index in [9.17, 15) is 4.39 Å².